The second kappa shape index (κ2) is 6.05. The Morgan fingerprint density at radius 1 is 1.09 bits per heavy atom. The number of rotatable bonds is 3. The molecule has 1 heterocycles. The highest BCUT2D eigenvalue weighted by molar-refractivity contribution is 6.33. The number of benzene rings is 2. The number of para-hydroxylation sites is 1. The van der Waals surface area contributed by atoms with Crippen LogP contribution in [0.5, 0.6) is 0 Å². The number of nitrogens with one attached hydrogen (secondary N) is 1. The number of nitrogens with zero attached hydrogens (tertiary/aromatic N) is 1. The van der Waals surface area contributed by atoms with Gasteiger partial charge in [-0.2, -0.15) is 0 Å². The van der Waals surface area contributed by atoms with Crippen molar-refractivity contribution in [1.82, 2.24) is 0 Å². The van der Waals surface area contributed by atoms with Gasteiger partial charge in [0.15, 0.2) is 0 Å². The number of aryl methyl sites for hydroxylation is 2. The summed E-state index contributed by atoms with van der Waals surface area (Å²) >= 11 is 6.11. The van der Waals surface area contributed by atoms with E-state index < -0.39 is 6.04 Å². The number of hydrogen-bond acceptors (Lipinski definition) is 3. The normalized spacial score (nSPS) is 17.7. The van der Waals surface area contributed by atoms with Crippen molar-refractivity contribution in [3.8, 4) is 0 Å². The first-order valence-corrected chi connectivity index (χ1v) is 7.80. The Morgan fingerprint density at radius 2 is 1.83 bits per heavy atom. The van der Waals surface area contributed by atoms with E-state index >= 15 is 0 Å². The molecule has 1 N–H and O–H groups in total. The monoisotopic (exact) mass is 328 g/mol. The summed E-state index contributed by atoms with van der Waals surface area (Å²) in [5.74, 6) is -0.457. The number of anilines is 2. The van der Waals surface area contributed by atoms with Crippen molar-refractivity contribution in [2.24, 2.45) is 0 Å². The summed E-state index contributed by atoms with van der Waals surface area (Å²) in [6, 6.07) is 12.2. The number of hydrogen-bond donors (Lipinski definition) is 1. The predicted octanol–water partition coefficient (Wildman–Crippen LogP) is 3.70. The lowest BCUT2D eigenvalue weighted by molar-refractivity contribution is -0.121. The average Bonchev–Trinajstić information content (AvgIpc) is 2.79. The maximum absolute atomic E-state index is 12.6. The molecular weight excluding hydrogens is 312 g/mol. The summed E-state index contributed by atoms with van der Waals surface area (Å²) in [5, 5.41) is 3.60. The minimum atomic E-state index is -0.594. The molecule has 0 radical (unpaired) electrons. The number of amides is 2. The van der Waals surface area contributed by atoms with Crippen LogP contribution in [0.3, 0.4) is 0 Å². The van der Waals surface area contributed by atoms with Crippen LogP contribution in [0.4, 0.5) is 11.4 Å². The van der Waals surface area contributed by atoms with Gasteiger partial charge in [-0.25, -0.2) is 4.90 Å². The lowest BCUT2D eigenvalue weighted by Crippen LogP contribution is -2.34. The van der Waals surface area contributed by atoms with Crippen LogP contribution in [-0.2, 0) is 9.59 Å². The molecule has 2 aromatic rings. The highest BCUT2D eigenvalue weighted by Crippen LogP contribution is 2.28. The van der Waals surface area contributed by atoms with Crippen molar-refractivity contribution in [3.05, 3.63) is 58.6 Å². The van der Waals surface area contributed by atoms with E-state index in [1.807, 2.05) is 38.1 Å². The van der Waals surface area contributed by atoms with Crippen LogP contribution in [0.15, 0.2) is 42.5 Å². The molecule has 0 aliphatic carbocycles. The van der Waals surface area contributed by atoms with Crippen molar-refractivity contribution >= 4 is 34.8 Å². The van der Waals surface area contributed by atoms with E-state index in [1.165, 1.54) is 4.90 Å². The van der Waals surface area contributed by atoms with Gasteiger partial charge in [0, 0.05) is 0 Å². The largest absolute Gasteiger partial charge is 0.372 e. The van der Waals surface area contributed by atoms with Crippen LogP contribution < -0.4 is 10.2 Å². The first-order chi connectivity index (χ1) is 11.0. The molecule has 0 spiro atoms. The van der Waals surface area contributed by atoms with Gasteiger partial charge < -0.3 is 5.32 Å². The van der Waals surface area contributed by atoms with E-state index in [-0.39, 0.29) is 18.2 Å². The molecule has 1 aliphatic heterocycles. The summed E-state index contributed by atoms with van der Waals surface area (Å²) < 4.78 is 0. The molecule has 1 fully saturated rings. The minimum absolute atomic E-state index is 0.122. The molecule has 23 heavy (non-hydrogen) atoms. The Balaban J connectivity index is 1.85. The van der Waals surface area contributed by atoms with Crippen molar-refractivity contribution in [2.45, 2.75) is 26.3 Å². The molecule has 0 aromatic heterocycles. The van der Waals surface area contributed by atoms with Crippen LogP contribution in [0.1, 0.15) is 17.5 Å². The molecule has 2 amide bonds. The van der Waals surface area contributed by atoms with Crippen LogP contribution in [0.2, 0.25) is 5.02 Å². The average molecular weight is 329 g/mol. The summed E-state index contributed by atoms with van der Waals surface area (Å²) in [6.07, 6.45) is 0.122. The summed E-state index contributed by atoms with van der Waals surface area (Å²) in [7, 11) is 0. The Labute approximate surface area is 140 Å². The highest BCUT2D eigenvalue weighted by atomic mass is 35.5. The summed E-state index contributed by atoms with van der Waals surface area (Å²) in [4.78, 5) is 26.2. The highest BCUT2D eigenvalue weighted by Gasteiger charge is 2.39. The molecule has 1 atom stereocenters. The fraction of sp³-hybridized carbons (Fsp3) is 0.222. The summed E-state index contributed by atoms with van der Waals surface area (Å²) in [5.41, 5.74) is 3.44. The Kier molecular flexibility index (Phi) is 4.09. The fourth-order valence-electron chi connectivity index (χ4n) is 2.65. The third-order valence-corrected chi connectivity index (χ3v) is 4.43. The SMILES string of the molecule is Cc1ccc(N2C(=O)CC(Nc3ccccc3Cl)C2=O)cc1C. The van der Waals surface area contributed by atoms with E-state index in [9.17, 15) is 9.59 Å². The van der Waals surface area contributed by atoms with E-state index in [4.69, 9.17) is 11.6 Å². The molecule has 1 saturated heterocycles. The van der Waals surface area contributed by atoms with Gasteiger partial charge in [0.25, 0.3) is 5.91 Å². The zero-order chi connectivity index (χ0) is 16.6. The van der Waals surface area contributed by atoms with Crippen molar-refractivity contribution in [1.29, 1.82) is 0 Å². The topological polar surface area (TPSA) is 49.4 Å². The van der Waals surface area contributed by atoms with Gasteiger partial charge in [0.2, 0.25) is 5.91 Å². The number of carbonyl (C=O) groups excluding carboxylic acids is 2. The molecule has 0 saturated carbocycles. The van der Waals surface area contributed by atoms with Gasteiger partial charge in [0.1, 0.15) is 6.04 Å². The van der Waals surface area contributed by atoms with Gasteiger partial charge in [-0.1, -0.05) is 29.8 Å². The van der Waals surface area contributed by atoms with Gasteiger partial charge in [-0.3, -0.25) is 9.59 Å². The zero-order valence-corrected chi connectivity index (χ0v) is 13.7. The second-order valence-corrected chi connectivity index (χ2v) is 6.12. The molecule has 3 rings (SSSR count). The maximum Gasteiger partial charge on any atom is 0.256 e. The Morgan fingerprint density at radius 3 is 2.52 bits per heavy atom. The second-order valence-electron chi connectivity index (χ2n) is 5.72. The van der Waals surface area contributed by atoms with Gasteiger partial charge in [-0.05, 0) is 49.2 Å². The summed E-state index contributed by atoms with van der Waals surface area (Å²) in [6.45, 7) is 3.96. The molecule has 1 unspecified atom stereocenters. The van der Waals surface area contributed by atoms with Crippen LogP contribution >= 0.6 is 11.6 Å². The third-order valence-electron chi connectivity index (χ3n) is 4.10. The Bertz CT molecular complexity index is 788. The standard InChI is InChI=1S/C18H17ClN2O2/c1-11-7-8-13(9-12(11)2)21-17(22)10-16(18(21)23)20-15-6-4-3-5-14(15)19/h3-9,16,20H,10H2,1-2H3. The molecule has 2 aromatic carbocycles. The van der Waals surface area contributed by atoms with E-state index in [1.54, 1.807) is 18.2 Å². The van der Waals surface area contributed by atoms with E-state index in [0.29, 0.717) is 16.4 Å². The third kappa shape index (κ3) is 2.94. The molecule has 1 aliphatic rings. The molecule has 5 heteroatoms. The zero-order valence-electron chi connectivity index (χ0n) is 13.0. The molecule has 118 valence electrons. The minimum Gasteiger partial charge on any atom is -0.372 e. The van der Waals surface area contributed by atoms with E-state index in [2.05, 4.69) is 5.32 Å². The maximum atomic E-state index is 12.6. The Hall–Kier alpha value is -2.33. The van der Waals surface area contributed by atoms with E-state index in [0.717, 1.165) is 11.1 Å². The van der Waals surface area contributed by atoms with Crippen molar-refractivity contribution in [3.63, 3.8) is 0 Å². The molecule has 0 bridgehead atoms. The first kappa shape index (κ1) is 15.6. The van der Waals surface area contributed by atoms with Crippen molar-refractivity contribution < 1.29 is 9.59 Å². The first-order valence-electron chi connectivity index (χ1n) is 7.42. The number of carbonyl (C=O) groups is 2. The number of imide groups is 1. The van der Waals surface area contributed by atoms with Gasteiger partial charge in [-0.15, -0.1) is 0 Å². The van der Waals surface area contributed by atoms with Crippen LogP contribution in [0.25, 0.3) is 0 Å². The lowest BCUT2D eigenvalue weighted by atomic mass is 10.1. The van der Waals surface area contributed by atoms with Crippen molar-refractivity contribution in [2.75, 3.05) is 10.2 Å². The van der Waals surface area contributed by atoms with Crippen LogP contribution in [0, 0.1) is 13.8 Å². The van der Waals surface area contributed by atoms with Gasteiger partial charge >= 0.3 is 0 Å². The van der Waals surface area contributed by atoms with Gasteiger partial charge in [0.05, 0.1) is 22.8 Å². The number of halogens is 1. The van der Waals surface area contributed by atoms with Crippen LogP contribution in [-0.4, -0.2) is 17.9 Å². The molecular formula is C18H17ClN2O2. The smallest absolute Gasteiger partial charge is 0.256 e. The quantitative estimate of drug-likeness (QED) is 0.874. The lowest BCUT2D eigenvalue weighted by Gasteiger charge is -2.17. The fourth-order valence-corrected chi connectivity index (χ4v) is 2.84. The predicted molar refractivity (Wildman–Crippen MR) is 91.9 cm³/mol. The molecule has 4 nitrogen and oxygen atoms in total.